The largest absolute Gasteiger partial charge is 0.457 e. The van der Waals surface area contributed by atoms with Crippen molar-refractivity contribution >= 4 is 5.78 Å². The standard InChI is InChI=1S/C17H17FO2/c1-12(2)10-17(19)15-11-14(8-9-16(15)18)20-13-6-4-3-5-7-13/h3-9,11-12H,10H2,1-2H3. The van der Waals surface area contributed by atoms with Crippen molar-refractivity contribution in [3.05, 3.63) is 59.9 Å². The molecule has 0 N–H and O–H groups in total. The van der Waals surface area contributed by atoms with Gasteiger partial charge < -0.3 is 4.74 Å². The van der Waals surface area contributed by atoms with Gasteiger partial charge in [-0.05, 0) is 36.2 Å². The number of carbonyl (C=O) groups is 1. The number of ketones is 1. The van der Waals surface area contributed by atoms with Crippen molar-refractivity contribution < 1.29 is 13.9 Å². The second kappa shape index (κ2) is 6.33. The van der Waals surface area contributed by atoms with Crippen LogP contribution in [-0.2, 0) is 0 Å². The van der Waals surface area contributed by atoms with E-state index in [2.05, 4.69) is 0 Å². The van der Waals surface area contributed by atoms with E-state index in [0.717, 1.165) is 0 Å². The molecule has 0 atom stereocenters. The summed E-state index contributed by atoms with van der Waals surface area (Å²) in [6, 6.07) is 13.5. The third kappa shape index (κ3) is 3.67. The van der Waals surface area contributed by atoms with Gasteiger partial charge in [-0.25, -0.2) is 4.39 Å². The van der Waals surface area contributed by atoms with Crippen LogP contribution in [0.1, 0.15) is 30.6 Å². The topological polar surface area (TPSA) is 26.3 Å². The molecule has 2 aromatic rings. The molecule has 2 rings (SSSR count). The molecule has 0 saturated carbocycles. The molecule has 0 aliphatic rings. The highest BCUT2D eigenvalue weighted by Crippen LogP contribution is 2.24. The number of para-hydroxylation sites is 1. The van der Waals surface area contributed by atoms with Gasteiger partial charge in [-0.1, -0.05) is 32.0 Å². The Labute approximate surface area is 118 Å². The van der Waals surface area contributed by atoms with E-state index in [4.69, 9.17) is 4.74 Å². The molecule has 0 bridgehead atoms. The van der Waals surface area contributed by atoms with E-state index in [1.807, 2.05) is 32.0 Å². The molecular weight excluding hydrogens is 255 g/mol. The molecule has 0 fully saturated rings. The Balaban J connectivity index is 2.22. The maximum absolute atomic E-state index is 13.7. The highest BCUT2D eigenvalue weighted by molar-refractivity contribution is 5.96. The average Bonchev–Trinajstić information content (AvgIpc) is 2.41. The highest BCUT2D eigenvalue weighted by atomic mass is 19.1. The zero-order valence-corrected chi connectivity index (χ0v) is 11.6. The Bertz CT molecular complexity index is 591. The Kier molecular flexibility index (Phi) is 4.51. The van der Waals surface area contributed by atoms with Crippen molar-refractivity contribution in [2.75, 3.05) is 0 Å². The normalized spacial score (nSPS) is 10.6. The molecule has 0 aliphatic carbocycles. The molecular formula is C17H17FO2. The average molecular weight is 272 g/mol. The van der Waals surface area contributed by atoms with Gasteiger partial charge in [0.15, 0.2) is 5.78 Å². The number of ether oxygens (including phenoxy) is 1. The Morgan fingerprint density at radius 1 is 1.10 bits per heavy atom. The quantitative estimate of drug-likeness (QED) is 0.727. The number of benzene rings is 2. The monoisotopic (exact) mass is 272 g/mol. The van der Waals surface area contributed by atoms with E-state index in [1.54, 1.807) is 12.1 Å². The molecule has 0 spiro atoms. The van der Waals surface area contributed by atoms with Crippen LogP contribution >= 0.6 is 0 Å². The minimum atomic E-state index is -0.504. The first kappa shape index (κ1) is 14.3. The Morgan fingerprint density at radius 3 is 2.45 bits per heavy atom. The second-order valence-corrected chi connectivity index (χ2v) is 5.08. The van der Waals surface area contributed by atoms with Crippen LogP contribution < -0.4 is 4.74 Å². The second-order valence-electron chi connectivity index (χ2n) is 5.08. The molecule has 20 heavy (non-hydrogen) atoms. The van der Waals surface area contributed by atoms with Crippen LogP contribution in [0.25, 0.3) is 0 Å². The zero-order valence-electron chi connectivity index (χ0n) is 11.6. The number of rotatable bonds is 5. The zero-order chi connectivity index (χ0) is 14.5. The lowest BCUT2D eigenvalue weighted by Crippen LogP contribution is -2.06. The van der Waals surface area contributed by atoms with Crippen molar-refractivity contribution in [3.8, 4) is 11.5 Å². The molecule has 0 unspecified atom stereocenters. The molecule has 3 heteroatoms. The molecule has 2 aromatic carbocycles. The number of carbonyl (C=O) groups excluding carboxylic acids is 1. The van der Waals surface area contributed by atoms with Gasteiger partial charge in [0, 0.05) is 6.42 Å². The van der Waals surface area contributed by atoms with Crippen LogP contribution in [0.15, 0.2) is 48.5 Å². The maximum Gasteiger partial charge on any atom is 0.166 e. The first-order chi connectivity index (χ1) is 9.56. The van der Waals surface area contributed by atoms with Gasteiger partial charge in [0.25, 0.3) is 0 Å². The van der Waals surface area contributed by atoms with Gasteiger partial charge in [-0.15, -0.1) is 0 Å². The third-order valence-electron chi connectivity index (χ3n) is 2.81. The third-order valence-corrected chi connectivity index (χ3v) is 2.81. The summed E-state index contributed by atoms with van der Waals surface area (Å²) in [5.41, 5.74) is 0.0899. The Hall–Kier alpha value is -2.16. The van der Waals surface area contributed by atoms with Crippen molar-refractivity contribution in [2.45, 2.75) is 20.3 Å². The Morgan fingerprint density at radius 2 is 1.80 bits per heavy atom. The summed E-state index contributed by atoms with van der Waals surface area (Å²) in [6.07, 6.45) is 0.325. The predicted molar refractivity (Wildman–Crippen MR) is 76.7 cm³/mol. The lowest BCUT2D eigenvalue weighted by Gasteiger charge is -2.09. The van der Waals surface area contributed by atoms with E-state index in [-0.39, 0.29) is 17.3 Å². The maximum atomic E-state index is 13.7. The summed E-state index contributed by atoms with van der Waals surface area (Å²) < 4.78 is 19.3. The lowest BCUT2D eigenvalue weighted by atomic mass is 10.0. The van der Waals surface area contributed by atoms with Crippen LogP contribution in [0.5, 0.6) is 11.5 Å². The van der Waals surface area contributed by atoms with Crippen LogP contribution in [0.3, 0.4) is 0 Å². The van der Waals surface area contributed by atoms with Crippen LogP contribution in [0.4, 0.5) is 4.39 Å². The van der Waals surface area contributed by atoms with Gasteiger partial charge in [0.1, 0.15) is 17.3 Å². The van der Waals surface area contributed by atoms with Crippen molar-refractivity contribution in [1.82, 2.24) is 0 Å². The highest BCUT2D eigenvalue weighted by Gasteiger charge is 2.14. The first-order valence-corrected chi connectivity index (χ1v) is 6.62. The van der Waals surface area contributed by atoms with E-state index < -0.39 is 5.82 Å². The van der Waals surface area contributed by atoms with Gasteiger partial charge >= 0.3 is 0 Å². The number of hydrogen-bond donors (Lipinski definition) is 0. The summed E-state index contributed by atoms with van der Waals surface area (Å²) in [7, 11) is 0. The molecule has 0 saturated heterocycles. The SMILES string of the molecule is CC(C)CC(=O)c1cc(Oc2ccccc2)ccc1F. The van der Waals surface area contributed by atoms with Crippen molar-refractivity contribution in [1.29, 1.82) is 0 Å². The fraction of sp³-hybridized carbons (Fsp3) is 0.235. The number of Topliss-reactive ketones (excluding diaryl/α,β-unsaturated/α-hetero) is 1. The van der Waals surface area contributed by atoms with Gasteiger partial charge in [-0.3, -0.25) is 4.79 Å². The fourth-order valence-electron chi connectivity index (χ4n) is 1.89. The predicted octanol–water partition coefficient (Wildman–Crippen LogP) is 4.85. The summed E-state index contributed by atoms with van der Waals surface area (Å²) in [5, 5.41) is 0. The fourth-order valence-corrected chi connectivity index (χ4v) is 1.89. The summed E-state index contributed by atoms with van der Waals surface area (Å²) in [6.45, 7) is 3.86. The molecule has 0 aromatic heterocycles. The molecule has 0 radical (unpaired) electrons. The van der Waals surface area contributed by atoms with Gasteiger partial charge in [0.05, 0.1) is 5.56 Å². The van der Waals surface area contributed by atoms with Crippen molar-refractivity contribution in [2.24, 2.45) is 5.92 Å². The number of hydrogen-bond acceptors (Lipinski definition) is 2. The lowest BCUT2D eigenvalue weighted by molar-refractivity contribution is 0.0963. The smallest absolute Gasteiger partial charge is 0.166 e. The van der Waals surface area contributed by atoms with Gasteiger partial charge in [-0.2, -0.15) is 0 Å². The van der Waals surface area contributed by atoms with Crippen LogP contribution in [0.2, 0.25) is 0 Å². The summed E-state index contributed by atoms with van der Waals surface area (Å²) >= 11 is 0. The summed E-state index contributed by atoms with van der Waals surface area (Å²) in [4.78, 5) is 12.0. The van der Waals surface area contributed by atoms with Crippen molar-refractivity contribution in [3.63, 3.8) is 0 Å². The van der Waals surface area contributed by atoms with Gasteiger partial charge in [0.2, 0.25) is 0 Å². The minimum Gasteiger partial charge on any atom is -0.457 e. The molecule has 0 heterocycles. The minimum absolute atomic E-state index is 0.0899. The van der Waals surface area contributed by atoms with E-state index in [0.29, 0.717) is 17.9 Å². The molecule has 2 nitrogen and oxygen atoms in total. The van der Waals surface area contributed by atoms with E-state index >= 15 is 0 Å². The van der Waals surface area contributed by atoms with E-state index in [1.165, 1.54) is 18.2 Å². The van der Waals surface area contributed by atoms with E-state index in [9.17, 15) is 9.18 Å². The van der Waals surface area contributed by atoms with Crippen LogP contribution in [-0.4, -0.2) is 5.78 Å². The van der Waals surface area contributed by atoms with Crippen LogP contribution in [0, 0.1) is 11.7 Å². The first-order valence-electron chi connectivity index (χ1n) is 6.62. The molecule has 104 valence electrons. The molecule has 0 amide bonds. The number of halogens is 1. The summed E-state index contributed by atoms with van der Waals surface area (Å²) in [5.74, 6) is 0.610. The molecule has 0 aliphatic heterocycles.